The van der Waals surface area contributed by atoms with Gasteiger partial charge in [-0.2, -0.15) is 0 Å². The average Bonchev–Trinajstić information content (AvgIpc) is 2.61. The van der Waals surface area contributed by atoms with E-state index >= 15 is 0 Å². The summed E-state index contributed by atoms with van der Waals surface area (Å²) in [4.78, 5) is 11.9. The number of carboxylic acids is 1. The summed E-state index contributed by atoms with van der Waals surface area (Å²) in [5, 5.41) is 11.7. The van der Waals surface area contributed by atoms with E-state index in [-0.39, 0.29) is 0 Å². The van der Waals surface area contributed by atoms with Crippen LogP contribution in [0.25, 0.3) is 10.8 Å². The first kappa shape index (κ1) is 19.5. The van der Waals surface area contributed by atoms with Crippen LogP contribution in [0.4, 0.5) is 0 Å². The molecule has 1 N–H and O–H groups in total. The highest BCUT2D eigenvalue weighted by molar-refractivity contribution is 6.05. The first-order valence-electron chi connectivity index (χ1n) is 9.95. The maximum Gasteiger partial charge on any atom is 0.336 e. The van der Waals surface area contributed by atoms with Crippen molar-refractivity contribution in [2.45, 2.75) is 78.1 Å². The van der Waals surface area contributed by atoms with Crippen molar-refractivity contribution in [1.29, 1.82) is 0 Å². The number of rotatable bonds is 11. The molecule has 0 saturated carbocycles. The highest BCUT2D eigenvalue weighted by Crippen LogP contribution is 2.26. The maximum atomic E-state index is 11.9. The predicted octanol–water partition coefficient (Wildman–Crippen LogP) is 6.78. The van der Waals surface area contributed by atoms with Crippen molar-refractivity contribution in [3.8, 4) is 0 Å². The van der Waals surface area contributed by atoms with Gasteiger partial charge in [-0.15, -0.1) is 0 Å². The van der Waals surface area contributed by atoms with Crippen LogP contribution in [0.2, 0.25) is 0 Å². The Bertz CT molecular complexity index is 688. The fourth-order valence-corrected chi connectivity index (χ4v) is 3.54. The number of benzene rings is 2. The number of aromatic carboxylic acids is 1. The van der Waals surface area contributed by atoms with Crippen LogP contribution in [-0.4, -0.2) is 11.1 Å². The number of carboxylic acid groups (broad SMARTS) is 1. The molecule has 0 aromatic heterocycles. The molecule has 136 valence electrons. The van der Waals surface area contributed by atoms with Crippen LogP contribution in [0.5, 0.6) is 0 Å². The molecule has 2 aromatic carbocycles. The number of hydrogen-bond donors (Lipinski definition) is 1. The van der Waals surface area contributed by atoms with Crippen LogP contribution in [0.15, 0.2) is 30.3 Å². The Morgan fingerprint density at radius 3 is 2.16 bits per heavy atom. The van der Waals surface area contributed by atoms with E-state index in [9.17, 15) is 9.90 Å². The minimum absolute atomic E-state index is 0.506. The molecule has 0 saturated heterocycles. The van der Waals surface area contributed by atoms with Crippen molar-refractivity contribution >= 4 is 16.7 Å². The van der Waals surface area contributed by atoms with Crippen LogP contribution in [0, 0.1) is 0 Å². The second-order valence-corrected chi connectivity index (χ2v) is 7.08. The second kappa shape index (κ2) is 10.2. The third-order valence-corrected chi connectivity index (χ3v) is 5.00. The van der Waals surface area contributed by atoms with Gasteiger partial charge in [0.05, 0.1) is 5.56 Å². The van der Waals surface area contributed by atoms with Crippen molar-refractivity contribution in [3.05, 3.63) is 47.0 Å². The van der Waals surface area contributed by atoms with Crippen LogP contribution < -0.4 is 0 Å². The van der Waals surface area contributed by atoms with Crippen LogP contribution in [-0.2, 0) is 12.8 Å². The molecular weight excluding hydrogens is 308 g/mol. The van der Waals surface area contributed by atoms with Gasteiger partial charge in [0.2, 0.25) is 0 Å². The standard InChI is InChI=1S/C23H32O2/c1-3-5-7-9-11-18-13-16-21-20(17-18)15-14-19(22(21)23(24)25)12-10-8-6-4-2/h13-17H,3-12H2,1-2H3,(H,24,25). The van der Waals surface area contributed by atoms with E-state index in [4.69, 9.17) is 0 Å². The van der Waals surface area contributed by atoms with Crippen LogP contribution in [0.3, 0.4) is 0 Å². The highest BCUT2D eigenvalue weighted by Gasteiger charge is 2.14. The molecular formula is C23H32O2. The summed E-state index contributed by atoms with van der Waals surface area (Å²) in [6, 6.07) is 10.4. The van der Waals surface area contributed by atoms with E-state index in [1.807, 2.05) is 12.1 Å². The fourth-order valence-electron chi connectivity index (χ4n) is 3.54. The molecule has 0 aliphatic carbocycles. The van der Waals surface area contributed by atoms with E-state index in [0.29, 0.717) is 5.56 Å². The second-order valence-electron chi connectivity index (χ2n) is 7.08. The number of unbranched alkanes of at least 4 members (excludes halogenated alkanes) is 6. The number of hydrogen-bond acceptors (Lipinski definition) is 1. The van der Waals surface area contributed by atoms with Crippen molar-refractivity contribution in [2.75, 3.05) is 0 Å². The summed E-state index contributed by atoms with van der Waals surface area (Å²) in [5.74, 6) is -0.799. The predicted molar refractivity (Wildman–Crippen MR) is 107 cm³/mol. The summed E-state index contributed by atoms with van der Waals surface area (Å²) >= 11 is 0. The lowest BCUT2D eigenvalue weighted by Crippen LogP contribution is -2.04. The lowest BCUT2D eigenvalue weighted by molar-refractivity contribution is 0.0698. The quantitative estimate of drug-likeness (QED) is 0.457. The Kier molecular flexibility index (Phi) is 7.97. The van der Waals surface area contributed by atoms with Gasteiger partial charge in [-0.25, -0.2) is 4.79 Å². The van der Waals surface area contributed by atoms with E-state index < -0.39 is 5.97 Å². The molecule has 0 radical (unpaired) electrons. The zero-order valence-corrected chi connectivity index (χ0v) is 15.8. The Morgan fingerprint density at radius 2 is 1.52 bits per heavy atom. The Hall–Kier alpha value is -1.83. The third-order valence-electron chi connectivity index (χ3n) is 5.00. The minimum Gasteiger partial charge on any atom is -0.478 e. The van der Waals surface area contributed by atoms with Gasteiger partial charge in [-0.3, -0.25) is 0 Å². The van der Waals surface area contributed by atoms with Crippen LogP contribution in [0.1, 0.15) is 86.7 Å². The Labute approximate surface area is 152 Å². The summed E-state index contributed by atoms with van der Waals surface area (Å²) in [7, 11) is 0. The summed E-state index contributed by atoms with van der Waals surface area (Å²) in [5.41, 5.74) is 2.80. The monoisotopic (exact) mass is 340 g/mol. The normalized spacial score (nSPS) is 11.1. The molecule has 0 fully saturated rings. The van der Waals surface area contributed by atoms with E-state index in [1.165, 1.54) is 50.5 Å². The smallest absolute Gasteiger partial charge is 0.336 e. The number of carbonyl (C=O) groups is 1. The minimum atomic E-state index is -0.799. The van der Waals surface area contributed by atoms with Gasteiger partial charge in [0.25, 0.3) is 0 Å². The molecule has 0 amide bonds. The van der Waals surface area contributed by atoms with E-state index in [1.54, 1.807) is 0 Å². The van der Waals surface area contributed by atoms with Gasteiger partial charge >= 0.3 is 5.97 Å². The first-order valence-corrected chi connectivity index (χ1v) is 9.95. The molecule has 2 aromatic rings. The number of fused-ring (bicyclic) bond motifs is 1. The molecule has 0 bridgehead atoms. The zero-order valence-electron chi connectivity index (χ0n) is 15.8. The van der Waals surface area contributed by atoms with Crippen molar-refractivity contribution < 1.29 is 9.90 Å². The van der Waals surface area contributed by atoms with Crippen molar-refractivity contribution in [1.82, 2.24) is 0 Å². The summed E-state index contributed by atoms with van der Waals surface area (Å²) in [6.45, 7) is 4.42. The van der Waals surface area contributed by atoms with E-state index in [0.717, 1.165) is 35.6 Å². The summed E-state index contributed by atoms with van der Waals surface area (Å²) < 4.78 is 0. The lowest BCUT2D eigenvalue weighted by Gasteiger charge is -2.11. The molecule has 0 unspecified atom stereocenters. The van der Waals surface area contributed by atoms with Crippen LogP contribution >= 0.6 is 0 Å². The largest absolute Gasteiger partial charge is 0.478 e. The van der Waals surface area contributed by atoms with Crippen molar-refractivity contribution in [3.63, 3.8) is 0 Å². The van der Waals surface area contributed by atoms with Gasteiger partial charge in [0.1, 0.15) is 0 Å². The fraction of sp³-hybridized carbons (Fsp3) is 0.522. The Balaban J connectivity index is 2.19. The molecule has 2 rings (SSSR count). The number of aryl methyl sites for hydroxylation is 2. The average molecular weight is 341 g/mol. The van der Waals surface area contributed by atoms with Crippen molar-refractivity contribution in [2.24, 2.45) is 0 Å². The molecule has 0 aliphatic rings. The third kappa shape index (κ3) is 5.59. The Morgan fingerprint density at radius 1 is 0.840 bits per heavy atom. The molecule has 25 heavy (non-hydrogen) atoms. The van der Waals surface area contributed by atoms with E-state index in [2.05, 4.69) is 32.0 Å². The SMILES string of the molecule is CCCCCCc1ccc2c(C(=O)O)c(CCCCCC)ccc2c1. The highest BCUT2D eigenvalue weighted by atomic mass is 16.4. The van der Waals surface area contributed by atoms with Gasteiger partial charge in [-0.1, -0.05) is 82.7 Å². The lowest BCUT2D eigenvalue weighted by atomic mass is 9.93. The molecule has 0 heterocycles. The topological polar surface area (TPSA) is 37.3 Å². The first-order chi connectivity index (χ1) is 12.2. The van der Waals surface area contributed by atoms with Gasteiger partial charge in [0.15, 0.2) is 0 Å². The summed E-state index contributed by atoms with van der Waals surface area (Å²) in [6.07, 6.45) is 11.6. The molecule has 0 atom stereocenters. The zero-order chi connectivity index (χ0) is 18.1. The molecule has 0 aliphatic heterocycles. The maximum absolute atomic E-state index is 11.9. The molecule has 0 spiro atoms. The van der Waals surface area contributed by atoms with Gasteiger partial charge in [0, 0.05) is 0 Å². The van der Waals surface area contributed by atoms with Gasteiger partial charge < -0.3 is 5.11 Å². The molecule has 2 heteroatoms. The molecule has 2 nitrogen and oxygen atoms in total. The van der Waals surface area contributed by atoms with Gasteiger partial charge in [-0.05, 0) is 47.6 Å².